The second kappa shape index (κ2) is 6.04. The van der Waals surface area contributed by atoms with E-state index in [1.807, 2.05) is 41.5 Å². The SMILES string of the molecule is CC(C)(C)N[C@@H](Cc1ccccc1F)C(=O)C(C)(C)C. The molecule has 0 aliphatic heterocycles. The van der Waals surface area contributed by atoms with Crippen LogP contribution in [0.3, 0.4) is 0 Å². The molecule has 0 bridgehead atoms. The van der Waals surface area contributed by atoms with Gasteiger partial charge < -0.3 is 5.32 Å². The smallest absolute Gasteiger partial charge is 0.155 e. The minimum Gasteiger partial charge on any atom is -0.302 e. The van der Waals surface area contributed by atoms with Gasteiger partial charge in [-0.05, 0) is 38.8 Å². The molecule has 1 rings (SSSR count). The van der Waals surface area contributed by atoms with Gasteiger partial charge in [-0.25, -0.2) is 4.39 Å². The van der Waals surface area contributed by atoms with Crippen LogP contribution in [0.15, 0.2) is 24.3 Å². The van der Waals surface area contributed by atoms with E-state index < -0.39 is 5.41 Å². The Hall–Kier alpha value is -1.22. The molecule has 0 aliphatic rings. The summed E-state index contributed by atoms with van der Waals surface area (Å²) in [6.07, 6.45) is 0.375. The Balaban J connectivity index is 3.00. The van der Waals surface area contributed by atoms with E-state index in [9.17, 15) is 9.18 Å². The van der Waals surface area contributed by atoms with Crippen LogP contribution < -0.4 is 5.32 Å². The van der Waals surface area contributed by atoms with Gasteiger partial charge in [0.2, 0.25) is 0 Å². The Morgan fingerprint density at radius 2 is 1.70 bits per heavy atom. The number of rotatable bonds is 4. The normalized spacial score (nSPS) is 14.2. The molecule has 0 heterocycles. The summed E-state index contributed by atoms with van der Waals surface area (Å²) in [6.45, 7) is 11.7. The third-order valence-electron chi connectivity index (χ3n) is 3.04. The Morgan fingerprint density at radius 1 is 1.15 bits per heavy atom. The van der Waals surface area contributed by atoms with Gasteiger partial charge in [0.1, 0.15) is 5.82 Å². The fourth-order valence-corrected chi connectivity index (χ4v) is 2.14. The highest BCUT2D eigenvalue weighted by atomic mass is 19.1. The first-order chi connectivity index (χ1) is 9.00. The number of halogens is 1. The predicted molar refractivity (Wildman–Crippen MR) is 81.2 cm³/mol. The molecular weight excluding hydrogens is 253 g/mol. The predicted octanol–water partition coefficient (Wildman–Crippen LogP) is 3.74. The number of carbonyl (C=O) groups is 1. The summed E-state index contributed by atoms with van der Waals surface area (Å²) in [6, 6.07) is 6.25. The third kappa shape index (κ3) is 5.04. The van der Waals surface area contributed by atoms with E-state index in [0.29, 0.717) is 12.0 Å². The molecule has 0 saturated heterocycles. The summed E-state index contributed by atoms with van der Waals surface area (Å²) < 4.78 is 13.8. The van der Waals surface area contributed by atoms with Gasteiger partial charge in [-0.15, -0.1) is 0 Å². The topological polar surface area (TPSA) is 29.1 Å². The minimum atomic E-state index is -0.450. The second-order valence-electron chi connectivity index (χ2n) is 7.36. The Labute approximate surface area is 121 Å². The Kier molecular flexibility index (Phi) is 5.09. The average Bonchev–Trinajstić information content (AvgIpc) is 2.27. The molecule has 1 aromatic rings. The zero-order valence-corrected chi connectivity index (χ0v) is 13.4. The molecule has 0 aliphatic carbocycles. The van der Waals surface area contributed by atoms with Crippen LogP contribution in [0.25, 0.3) is 0 Å². The molecule has 0 spiro atoms. The molecule has 0 radical (unpaired) electrons. The highest BCUT2D eigenvalue weighted by Crippen LogP contribution is 2.21. The summed E-state index contributed by atoms with van der Waals surface area (Å²) in [7, 11) is 0. The van der Waals surface area contributed by atoms with Crippen LogP contribution in [-0.2, 0) is 11.2 Å². The highest BCUT2D eigenvalue weighted by Gasteiger charge is 2.32. The second-order valence-corrected chi connectivity index (χ2v) is 7.36. The lowest BCUT2D eigenvalue weighted by atomic mass is 9.83. The zero-order valence-electron chi connectivity index (χ0n) is 13.4. The molecule has 0 fully saturated rings. The van der Waals surface area contributed by atoms with Crippen LogP contribution in [0.4, 0.5) is 4.39 Å². The van der Waals surface area contributed by atoms with Gasteiger partial charge in [0, 0.05) is 11.0 Å². The van der Waals surface area contributed by atoms with E-state index in [1.54, 1.807) is 18.2 Å². The summed E-state index contributed by atoms with van der Waals surface area (Å²) in [5, 5.41) is 3.32. The Morgan fingerprint density at radius 3 is 2.15 bits per heavy atom. The van der Waals surface area contributed by atoms with Crippen molar-refractivity contribution in [2.45, 2.75) is 59.5 Å². The standard InChI is InChI=1S/C17H26FNO/c1-16(2,3)15(20)14(19-17(4,5)6)11-12-9-7-8-10-13(12)18/h7-10,14,19H,11H2,1-6H3/t14-/m0/s1. The van der Waals surface area contributed by atoms with Crippen LogP contribution in [0.5, 0.6) is 0 Å². The molecule has 1 N–H and O–H groups in total. The lowest BCUT2D eigenvalue weighted by Crippen LogP contribution is -2.52. The van der Waals surface area contributed by atoms with Crippen molar-refractivity contribution in [1.29, 1.82) is 0 Å². The van der Waals surface area contributed by atoms with Crippen LogP contribution in [0.2, 0.25) is 0 Å². The van der Waals surface area contributed by atoms with Gasteiger partial charge in [-0.2, -0.15) is 0 Å². The van der Waals surface area contributed by atoms with E-state index in [4.69, 9.17) is 0 Å². The first-order valence-electron chi connectivity index (χ1n) is 7.06. The van der Waals surface area contributed by atoms with E-state index in [1.165, 1.54) is 6.07 Å². The zero-order chi connectivity index (χ0) is 15.6. The number of nitrogens with one attached hydrogen (secondary N) is 1. The quantitative estimate of drug-likeness (QED) is 0.909. The number of Topliss-reactive ketones (excluding diaryl/α,β-unsaturated/α-hetero) is 1. The van der Waals surface area contributed by atoms with Crippen molar-refractivity contribution in [3.05, 3.63) is 35.6 Å². The van der Waals surface area contributed by atoms with Crippen LogP contribution in [0.1, 0.15) is 47.1 Å². The Bertz CT molecular complexity index is 469. The summed E-state index contributed by atoms with van der Waals surface area (Å²) in [5.41, 5.74) is -0.0720. The molecule has 1 aromatic carbocycles. The summed E-state index contributed by atoms with van der Waals surface area (Å²) >= 11 is 0. The van der Waals surface area contributed by atoms with Gasteiger partial charge in [0.15, 0.2) is 5.78 Å². The van der Waals surface area contributed by atoms with Crippen LogP contribution in [0, 0.1) is 11.2 Å². The van der Waals surface area contributed by atoms with Gasteiger partial charge >= 0.3 is 0 Å². The number of hydrogen-bond acceptors (Lipinski definition) is 2. The fourth-order valence-electron chi connectivity index (χ4n) is 2.14. The number of benzene rings is 1. The monoisotopic (exact) mass is 279 g/mol. The maximum Gasteiger partial charge on any atom is 0.155 e. The van der Waals surface area contributed by atoms with Crippen molar-refractivity contribution >= 4 is 5.78 Å². The van der Waals surface area contributed by atoms with Gasteiger partial charge in [-0.3, -0.25) is 4.79 Å². The number of carbonyl (C=O) groups excluding carboxylic acids is 1. The van der Waals surface area contributed by atoms with Crippen molar-refractivity contribution in [2.75, 3.05) is 0 Å². The molecule has 0 saturated carbocycles. The van der Waals surface area contributed by atoms with Crippen LogP contribution in [-0.4, -0.2) is 17.4 Å². The maximum absolute atomic E-state index is 13.8. The molecule has 0 aromatic heterocycles. The molecule has 0 unspecified atom stereocenters. The summed E-state index contributed by atoms with van der Waals surface area (Å²) in [4.78, 5) is 12.6. The largest absolute Gasteiger partial charge is 0.302 e. The highest BCUT2D eigenvalue weighted by molar-refractivity contribution is 5.89. The van der Waals surface area contributed by atoms with Crippen molar-refractivity contribution in [1.82, 2.24) is 5.32 Å². The molecule has 20 heavy (non-hydrogen) atoms. The van der Waals surface area contributed by atoms with Crippen LogP contribution >= 0.6 is 0 Å². The number of hydrogen-bond donors (Lipinski definition) is 1. The summed E-state index contributed by atoms with van der Waals surface area (Å²) in [5.74, 6) is -0.148. The van der Waals surface area contributed by atoms with Gasteiger partial charge in [0.25, 0.3) is 0 Å². The van der Waals surface area contributed by atoms with E-state index >= 15 is 0 Å². The van der Waals surface area contributed by atoms with Gasteiger partial charge in [-0.1, -0.05) is 39.0 Å². The lowest BCUT2D eigenvalue weighted by molar-refractivity contribution is -0.128. The molecule has 1 atom stereocenters. The van der Waals surface area contributed by atoms with Gasteiger partial charge in [0.05, 0.1) is 6.04 Å². The third-order valence-corrected chi connectivity index (χ3v) is 3.04. The van der Waals surface area contributed by atoms with Crippen molar-refractivity contribution in [3.63, 3.8) is 0 Å². The first kappa shape index (κ1) is 16.8. The van der Waals surface area contributed by atoms with Crippen molar-refractivity contribution < 1.29 is 9.18 Å². The number of ketones is 1. The first-order valence-corrected chi connectivity index (χ1v) is 7.06. The van der Waals surface area contributed by atoms with E-state index in [0.717, 1.165) is 0 Å². The maximum atomic E-state index is 13.8. The fraction of sp³-hybridized carbons (Fsp3) is 0.588. The van der Waals surface area contributed by atoms with E-state index in [-0.39, 0.29) is 23.2 Å². The van der Waals surface area contributed by atoms with Crippen molar-refractivity contribution in [2.24, 2.45) is 5.41 Å². The molecule has 112 valence electrons. The average molecular weight is 279 g/mol. The van der Waals surface area contributed by atoms with E-state index in [2.05, 4.69) is 5.32 Å². The molecular formula is C17H26FNO. The van der Waals surface area contributed by atoms with Crippen molar-refractivity contribution in [3.8, 4) is 0 Å². The lowest BCUT2D eigenvalue weighted by Gasteiger charge is -2.32. The molecule has 0 amide bonds. The minimum absolute atomic E-state index is 0.107. The molecule has 2 nitrogen and oxygen atoms in total. The molecule has 3 heteroatoms.